The van der Waals surface area contributed by atoms with E-state index in [9.17, 15) is 14.4 Å². The van der Waals surface area contributed by atoms with Crippen LogP contribution in [0.25, 0.3) is 11.2 Å². The number of carbonyl (C=O) groups excluding carboxylic acids is 3. The molecule has 7 N–H and O–H groups in total. The second-order valence-corrected chi connectivity index (χ2v) is 20.5. The van der Waals surface area contributed by atoms with Crippen LogP contribution < -0.4 is 27.0 Å². The number of halogens is 1. The number of esters is 3. The molecule has 0 bridgehead atoms. The average Bonchev–Trinajstić information content (AvgIpc) is 4.03. The molecule has 17 nitrogen and oxygen atoms in total. The zero-order valence-electron chi connectivity index (χ0n) is 38.9. The molecule has 2 aromatic heterocycles. The predicted molar refractivity (Wildman–Crippen MR) is 272 cm³/mol. The molecule has 0 aliphatic heterocycles. The molecule has 5 aromatic rings. The zero-order valence-corrected chi connectivity index (χ0v) is 40.6. The Balaban J connectivity index is 0.000000379. The van der Waals surface area contributed by atoms with Crippen LogP contribution in [-0.2, 0) is 63.7 Å². The van der Waals surface area contributed by atoms with Crippen LogP contribution in [0.1, 0.15) is 94.7 Å². The largest absolute Gasteiger partial charge is 0.461 e. The van der Waals surface area contributed by atoms with Gasteiger partial charge in [-0.25, -0.2) is 15.2 Å². The average molecular weight is 1000 g/mol. The number of nitrogens with one attached hydrogen (secondary N) is 3. The first kappa shape index (κ1) is 53.9. The van der Waals surface area contributed by atoms with Gasteiger partial charge in [-0.05, 0) is 107 Å². The normalized spacial score (nSPS) is 17.0. The molecule has 4 aliphatic rings. The predicted octanol–water partition coefficient (Wildman–Crippen LogP) is 7.45. The van der Waals surface area contributed by atoms with Gasteiger partial charge in [0.15, 0.2) is 17.0 Å². The van der Waals surface area contributed by atoms with Gasteiger partial charge in [-0.1, -0.05) is 98.4 Å². The van der Waals surface area contributed by atoms with Crippen molar-refractivity contribution in [3.8, 4) is 0 Å². The summed E-state index contributed by atoms with van der Waals surface area (Å²) in [6, 6.07) is 26.6. The van der Waals surface area contributed by atoms with Crippen molar-refractivity contribution in [2.45, 2.75) is 146 Å². The van der Waals surface area contributed by atoms with Crippen molar-refractivity contribution in [2.75, 3.05) is 24.0 Å². The molecule has 3 aromatic carbocycles. The van der Waals surface area contributed by atoms with Gasteiger partial charge in [0, 0.05) is 12.6 Å². The van der Waals surface area contributed by atoms with Crippen LogP contribution in [0, 0.1) is 0 Å². The van der Waals surface area contributed by atoms with Crippen LogP contribution in [-0.4, -0.2) is 92.9 Å². The van der Waals surface area contributed by atoms with Crippen LogP contribution in [0.15, 0.2) is 97.3 Å². The molecular formula is C51H69ClN9O8P. The molecule has 0 unspecified atom stereocenters. The van der Waals surface area contributed by atoms with E-state index in [2.05, 4.69) is 30.4 Å². The van der Waals surface area contributed by atoms with Crippen molar-refractivity contribution in [2.24, 2.45) is 5.73 Å². The first-order valence-electron chi connectivity index (χ1n) is 24.0. The SMILES string of the molecule is C.Cl.N[C@@H](Cc1ccccc1)C(=O)OC1CCC1.Nc1nc(NC2CC2)c2ncn(CCOCP(=O)(N[C@@H](Cc3ccccc3)C(=O)OC3CCC3)N[C@@H](Cc3ccccc3)C(=O)OC3CCC3)c2n1. The van der Waals surface area contributed by atoms with E-state index in [1.165, 1.54) is 0 Å². The van der Waals surface area contributed by atoms with Gasteiger partial charge in [0.25, 0.3) is 0 Å². The number of ether oxygens (including phenoxy) is 4. The highest BCUT2D eigenvalue weighted by molar-refractivity contribution is 7.59. The summed E-state index contributed by atoms with van der Waals surface area (Å²) in [5.74, 6) is -0.532. The van der Waals surface area contributed by atoms with Gasteiger partial charge in [0.05, 0.1) is 12.9 Å². The summed E-state index contributed by atoms with van der Waals surface area (Å²) in [4.78, 5) is 52.2. The third-order valence-electron chi connectivity index (χ3n) is 12.6. The molecule has 0 saturated heterocycles. The van der Waals surface area contributed by atoms with Crippen molar-refractivity contribution in [3.63, 3.8) is 0 Å². The first-order valence-corrected chi connectivity index (χ1v) is 25.9. The van der Waals surface area contributed by atoms with Crippen LogP contribution in [0.2, 0.25) is 0 Å². The highest BCUT2D eigenvalue weighted by atomic mass is 35.5. The Kier molecular flexibility index (Phi) is 20.1. The fourth-order valence-corrected chi connectivity index (χ4v) is 9.85. The van der Waals surface area contributed by atoms with E-state index < -0.39 is 37.5 Å². The molecule has 0 radical (unpaired) electrons. The maximum Gasteiger partial charge on any atom is 0.324 e. The van der Waals surface area contributed by atoms with E-state index in [4.69, 9.17) is 30.4 Å². The van der Waals surface area contributed by atoms with Gasteiger partial charge in [0.2, 0.25) is 13.4 Å². The fourth-order valence-electron chi connectivity index (χ4n) is 7.84. The Labute approximate surface area is 416 Å². The van der Waals surface area contributed by atoms with Gasteiger partial charge >= 0.3 is 17.9 Å². The number of fused-ring (bicyclic) bond motifs is 1. The highest BCUT2D eigenvalue weighted by Gasteiger charge is 2.38. The van der Waals surface area contributed by atoms with Gasteiger partial charge in [-0.2, -0.15) is 9.97 Å². The lowest BCUT2D eigenvalue weighted by atomic mass is 9.96. The van der Waals surface area contributed by atoms with E-state index in [1.54, 1.807) is 10.9 Å². The molecule has 9 rings (SSSR count). The topological polar surface area (TPSA) is 237 Å². The van der Waals surface area contributed by atoms with Crippen molar-refractivity contribution in [1.29, 1.82) is 0 Å². The number of imidazole rings is 1. The third-order valence-corrected chi connectivity index (χ3v) is 14.6. The molecule has 2 heterocycles. The minimum atomic E-state index is -3.86. The molecule has 0 spiro atoms. The number of nitrogens with zero attached hydrogens (tertiary/aromatic N) is 4. The summed E-state index contributed by atoms with van der Waals surface area (Å²) >= 11 is 0. The Morgan fingerprint density at radius 3 is 1.57 bits per heavy atom. The van der Waals surface area contributed by atoms with E-state index in [0.29, 0.717) is 36.0 Å². The third kappa shape index (κ3) is 15.8. The maximum absolute atomic E-state index is 15.1. The second-order valence-electron chi connectivity index (χ2n) is 18.2. The van der Waals surface area contributed by atoms with Crippen LogP contribution >= 0.6 is 19.9 Å². The highest BCUT2D eigenvalue weighted by Crippen LogP contribution is 2.39. The summed E-state index contributed by atoms with van der Waals surface area (Å²) in [7, 11) is -3.86. The lowest BCUT2D eigenvalue weighted by Gasteiger charge is -2.32. The number of carbonyl (C=O) groups is 3. The van der Waals surface area contributed by atoms with Crippen molar-refractivity contribution in [3.05, 3.63) is 114 Å². The molecule has 19 heteroatoms. The number of benzene rings is 3. The van der Waals surface area contributed by atoms with Crippen molar-refractivity contribution >= 4 is 60.7 Å². The molecule has 4 saturated carbocycles. The second kappa shape index (κ2) is 26.1. The molecule has 378 valence electrons. The Morgan fingerprint density at radius 1 is 0.671 bits per heavy atom. The smallest absolute Gasteiger partial charge is 0.324 e. The standard InChI is InChI=1S/C37H47N8O6P.C13H17NO2.CH4.ClH/c38-37-41-33(40-27-17-18-27)32-34(42-37)45(23-39-32)19-20-49-24-52(48,43-30(21-25-9-3-1-4-10-25)35(46)50-28-13-7-14-28)44-31(22-26-11-5-2-6-12-26)36(47)51-29-15-8-16-29;14-12(9-10-5-2-1-3-6-10)13(15)16-11-7-4-8-11;;/h1-6,9-12,23,27-31H,7-8,13-22,24H2,(H2,43,44,48)(H3,38,40,41,42);1-3,5-6,11-12H,4,7-9,14H2;1H4;1H/t30-,31-;12-;;/m00../s1. The number of anilines is 2. The quantitative estimate of drug-likeness (QED) is 0.0185. The van der Waals surface area contributed by atoms with Crippen LogP contribution in [0.3, 0.4) is 0 Å². The van der Waals surface area contributed by atoms with E-state index in [1.807, 2.05) is 91.0 Å². The Hall–Kier alpha value is -5.42. The Bertz CT molecular complexity index is 2400. The van der Waals surface area contributed by atoms with Gasteiger partial charge in [0.1, 0.15) is 42.8 Å². The number of hydrogen-bond acceptors (Lipinski definition) is 14. The fraction of sp³-hybridized carbons (Fsp3) is 0.490. The summed E-state index contributed by atoms with van der Waals surface area (Å²) in [5.41, 5.74) is 15.8. The molecule has 4 fully saturated rings. The van der Waals surface area contributed by atoms with Crippen molar-refractivity contribution in [1.82, 2.24) is 29.7 Å². The maximum atomic E-state index is 15.1. The minimum Gasteiger partial charge on any atom is -0.461 e. The lowest BCUT2D eigenvalue weighted by Crippen LogP contribution is -2.48. The molecule has 70 heavy (non-hydrogen) atoms. The zero-order chi connectivity index (χ0) is 47.3. The summed E-state index contributed by atoms with van der Waals surface area (Å²) < 4.78 is 39.9. The molecule has 4 aliphatic carbocycles. The lowest BCUT2D eigenvalue weighted by molar-refractivity contribution is -0.155. The summed E-state index contributed by atoms with van der Waals surface area (Å²) in [6.07, 6.45) is 12.6. The first-order chi connectivity index (χ1) is 33.1. The summed E-state index contributed by atoms with van der Waals surface area (Å²) in [5, 5.41) is 9.60. The number of aromatic nitrogens is 4. The number of hydrogen-bond donors (Lipinski definition) is 5. The van der Waals surface area contributed by atoms with Gasteiger partial charge in [-0.3, -0.25) is 18.9 Å². The van der Waals surface area contributed by atoms with E-state index >= 15 is 4.57 Å². The number of nitrogen functional groups attached to an aromatic ring is 1. The van der Waals surface area contributed by atoms with Crippen molar-refractivity contribution < 1.29 is 37.9 Å². The number of rotatable bonds is 23. The van der Waals surface area contributed by atoms with Crippen LogP contribution in [0.5, 0.6) is 0 Å². The molecule has 3 atom stereocenters. The number of nitrogens with two attached hydrogens (primary N) is 2. The van der Waals surface area contributed by atoms with E-state index in [-0.39, 0.29) is 75.9 Å². The van der Waals surface area contributed by atoms with Crippen LogP contribution in [0.4, 0.5) is 11.8 Å². The minimum absolute atomic E-state index is 0. The monoisotopic (exact) mass is 1000 g/mol. The van der Waals surface area contributed by atoms with E-state index in [0.717, 1.165) is 87.3 Å². The van der Waals surface area contributed by atoms with Gasteiger partial charge in [-0.15, -0.1) is 12.4 Å². The van der Waals surface area contributed by atoms with Gasteiger partial charge < -0.3 is 40.3 Å². The summed E-state index contributed by atoms with van der Waals surface area (Å²) in [6.45, 7) is 0.448. The Morgan fingerprint density at radius 2 is 1.13 bits per heavy atom. The molecule has 0 amide bonds. The molecular weight excluding hydrogens is 933 g/mol.